The molecule has 1 atom stereocenters. The second-order valence-corrected chi connectivity index (χ2v) is 10.6. The minimum absolute atomic E-state index is 0.0406. The fraction of sp³-hybridized carbons (Fsp3) is 0.429. The van der Waals surface area contributed by atoms with E-state index < -0.39 is 14.0 Å². The Balaban J connectivity index is 2.03. The molecule has 2 aliphatic heterocycles. The van der Waals surface area contributed by atoms with Gasteiger partial charge in [-0.3, -0.25) is 9.69 Å². The van der Waals surface area contributed by atoms with Crippen LogP contribution in [-0.4, -0.2) is 30.7 Å². The van der Waals surface area contributed by atoms with E-state index in [4.69, 9.17) is 4.43 Å². The van der Waals surface area contributed by atoms with Gasteiger partial charge in [0.2, 0.25) is 5.72 Å². The molecule has 19 heavy (non-hydrogen) atoms. The number of amides is 1. The molecule has 0 saturated heterocycles. The third kappa shape index (κ3) is 1.93. The van der Waals surface area contributed by atoms with Crippen LogP contribution in [0.3, 0.4) is 0 Å². The van der Waals surface area contributed by atoms with Gasteiger partial charge < -0.3 is 4.43 Å². The molecular formula is C14H18N2O2Si. The predicted molar refractivity (Wildman–Crippen MR) is 76.4 cm³/mol. The van der Waals surface area contributed by atoms with Gasteiger partial charge in [0, 0.05) is 5.56 Å². The number of benzene rings is 1. The smallest absolute Gasteiger partial charge is 0.282 e. The van der Waals surface area contributed by atoms with Crippen molar-refractivity contribution in [3.63, 3.8) is 0 Å². The number of carbonyl (C=O) groups is 1. The Labute approximate surface area is 114 Å². The summed E-state index contributed by atoms with van der Waals surface area (Å²) in [7, 11) is -1.83. The van der Waals surface area contributed by atoms with Crippen molar-refractivity contribution in [1.29, 1.82) is 0 Å². The van der Waals surface area contributed by atoms with Crippen LogP contribution in [0.1, 0.15) is 18.1 Å². The van der Waals surface area contributed by atoms with Crippen LogP contribution in [-0.2, 0) is 15.8 Å². The van der Waals surface area contributed by atoms with Gasteiger partial charge in [0.05, 0.1) is 6.54 Å². The maximum Gasteiger partial charge on any atom is 0.282 e. The maximum atomic E-state index is 12.6. The number of hydrogen-bond acceptors (Lipinski definition) is 3. The zero-order chi connectivity index (χ0) is 13.8. The average molecular weight is 274 g/mol. The van der Waals surface area contributed by atoms with Crippen LogP contribution in [0, 0.1) is 0 Å². The van der Waals surface area contributed by atoms with Crippen LogP contribution in [0.25, 0.3) is 0 Å². The number of fused-ring (bicyclic) bond motifs is 3. The van der Waals surface area contributed by atoms with Gasteiger partial charge in [0.25, 0.3) is 5.91 Å². The summed E-state index contributed by atoms with van der Waals surface area (Å²) in [6.07, 6.45) is 0. The van der Waals surface area contributed by atoms with E-state index in [0.29, 0.717) is 6.54 Å². The van der Waals surface area contributed by atoms with Gasteiger partial charge in [-0.15, -0.1) is 0 Å². The molecule has 2 aliphatic rings. The normalized spacial score (nSPS) is 25.4. The van der Waals surface area contributed by atoms with Crippen molar-refractivity contribution in [2.24, 2.45) is 4.99 Å². The van der Waals surface area contributed by atoms with Crippen LogP contribution in [0.4, 0.5) is 0 Å². The standard InChI is InChI=1S/C14H18N2O2Si/c1-14(18-19(2,3)4)13(17)16-9-10-7-5-6-8-11(10)12(16)15-14/h5-8H,9H2,1-4H3. The summed E-state index contributed by atoms with van der Waals surface area (Å²) >= 11 is 0. The molecule has 0 saturated carbocycles. The van der Waals surface area contributed by atoms with E-state index >= 15 is 0 Å². The Kier molecular flexibility index (Phi) is 2.49. The molecular weight excluding hydrogens is 256 g/mol. The summed E-state index contributed by atoms with van der Waals surface area (Å²) in [4.78, 5) is 18.9. The van der Waals surface area contributed by atoms with Crippen molar-refractivity contribution in [2.75, 3.05) is 0 Å². The van der Waals surface area contributed by atoms with Crippen molar-refractivity contribution < 1.29 is 9.22 Å². The lowest BCUT2D eigenvalue weighted by Gasteiger charge is -2.29. The van der Waals surface area contributed by atoms with Crippen molar-refractivity contribution >= 4 is 20.1 Å². The summed E-state index contributed by atoms with van der Waals surface area (Å²) in [5.74, 6) is 0.725. The molecule has 0 N–H and O–H groups in total. The molecule has 1 aromatic rings. The average Bonchev–Trinajstić information content (AvgIpc) is 2.74. The quantitative estimate of drug-likeness (QED) is 0.777. The van der Waals surface area contributed by atoms with E-state index in [2.05, 4.69) is 24.6 Å². The number of rotatable bonds is 2. The molecule has 0 fully saturated rings. The molecule has 5 heteroatoms. The lowest BCUT2D eigenvalue weighted by molar-refractivity contribution is -0.140. The second kappa shape index (κ2) is 3.77. The van der Waals surface area contributed by atoms with Crippen molar-refractivity contribution in [3.8, 4) is 0 Å². The highest BCUT2D eigenvalue weighted by Gasteiger charge is 2.50. The van der Waals surface area contributed by atoms with Crippen molar-refractivity contribution in [3.05, 3.63) is 35.4 Å². The van der Waals surface area contributed by atoms with Crippen molar-refractivity contribution in [2.45, 2.75) is 38.8 Å². The van der Waals surface area contributed by atoms with Crippen LogP contribution >= 0.6 is 0 Å². The summed E-state index contributed by atoms with van der Waals surface area (Å²) in [5.41, 5.74) is 1.18. The largest absolute Gasteiger partial charge is 0.387 e. The molecule has 2 heterocycles. The Morgan fingerprint density at radius 1 is 1.32 bits per heavy atom. The molecule has 0 radical (unpaired) electrons. The lowest BCUT2D eigenvalue weighted by Crippen LogP contribution is -2.46. The molecule has 0 aliphatic carbocycles. The van der Waals surface area contributed by atoms with Crippen LogP contribution in [0.2, 0.25) is 19.6 Å². The van der Waals surface area contributed by atoms with Crippen molar-refractivity contribution in [1.82, 2.24) is 4.90 Å². The van der Waals surface area contributed by atoms with Crippen LogP contribution < -0.4 is 0 Å². The number of hydrogen-bond donors (Lipinski definition) is 0. The SMILES string of the molecule is CC1(O[Si](C)(C)C)N=C2c3ccccc3CN2C1=O. The first-order valence-corrected chi connectivity index (χ1v) is 9.91. The molecule has 4 nitrogen and oxygen atoms in total. The summed E-state index contributed by atoms with van der Waals surface area (Å²) in [6, 6.07) is 8.02. The van der Waals surface area contributed by atoms with Gasteiger partial charge in [-0.2, -0.15) is 0 Å². The van der Waals surface area contributed by atoms with E-state index in [1.807, 2.05) is 24.3 Å². The topological polar surface area (TPSA) is 41.9 Å². The Bertz CT molecular complexity index is 591. The monoisotopic (exact) mass is 274 g/mol. The number of amidine groups is 1. The molecule has 1 aromatic carbocycles. The molecule has 3 rings (SSSR count). The lowest BCUT2D eigenvalue weighted by atomic mass is 10.1. The molecule has 0 spiro atoms. The number of nitrogens with zero attached hydrogens (tertiary/aromatic N) is 2. The first kappa shape index (κ1) is 12.6. The summed E-state index contributed by atoms with van der Waals surface area (Å²) in [6.45, 7) is 8.61. The first-order valence-electron chi connectivity index (χ1n) is 6.50. The molecule has 1 amide bonds. The molecule has 0 aromatic heterocycles. The van der Waals surface area contributed by atoms with Gasteiger partial charge in [0.15, 0.2) is 8.32 Å². The zero-order valence-electron chi connectivity index (χ0n) is 11.7. The highest BCUT2D eigenvalue weighted by molar-refractivity contribution is 6.70. The second-order valence-electron chi connectivity index (χ2n) is 6.18. The van der Waals surface area contributed by atoms with Gasteiger partial charge in [0.1, 0.15) is 5.84 Å². The molecule has 1 unspecified atom stereocenters. The van der Waals surface area contributed by atoms with E-state index in [0.717, 1.165) is 17.0 Å². The van der Waals surface area contributed by atoms with Crippen LogP contribution in [0.5, 0.6) is 0 Å². The third-order valence-electron chi connectivity index (χ3n) is 3.31. The van der Waals surface area contributed by atoms with Gasteiger partial charge >= 0.3 is 0 Å². The van der Waals surface area contributed by atoms with Gasteiger partial charge in [-0.1, -0.05) is 24.3 Å². The van der Waals surface area contributed by atoms with E-state index in [1.165, 1.54) is 0 Å². The third-order valence-corrected chi connectivity index (χ3v) is 4.32. The van der Waals surface area contributed by atoms with Gasteiger partial charge in [-0.05, 0) is 32.1 Å². The minimum atomic E-state index is -1.83. The van der Waals surface area contributed by atoms with E-state index in [1.54, 1.807) is 11.8 Å². The number of aliphatic imine (C=N–C) groups is 1. The highest BCUT2D eigenvalue weighted by atomic mass is 28.4. The first-order chi connectivity index (χ1) is 8.80. The number of carbonyl (C=O) groups excluding carboxylic acids is 1. The molecule has 0 bridgehead atoms. The zero-order valence-corrected chi connectivity index (χ0v) is 12.7. The fourth-order valence-corrected chi connectivity index (χ4v) is 4.04. The fourth-order valence-electron chi connectivity index (χ4n) is 2.72. The van der Waals surface area contributed by atoms with E-state index in [-0.39, 0.29) is 5.91 Å². The maximum absolute atomic E-state index is 12.6. The summed E-state index contributed by atoms with van der Waals surface area (Å²) < 4.78 is 6.01. The Hall–Kier alpha value is -1.46. The minimum Gasteiger partial charge on any atom is -0.387 e. The molecule has 100 valence electrons. The summed E-state index contributed by atoms with van der Waals surface area (Å²) in [5, 5.41) is 0. The Morgan fingerprint density at radius 3 is 2.68 bits per heavy atom. The predicted octanol–water partition coefficient (Wildman–Crippen LogP) is 2.36. The Morgan fingerprint density at radius 2 is 2.00 bits per heavy atom. The van der Waals surface area contributed by atoms with Gasteiger partial charge in [-0.25, -0.2) is 4.99 Å². The van der Waals surface area contributed by atoms with Crippen LogP contribution in [0.15, 0.2) is 29.3 Å². The van der Waals surface area contributed by atoms with E-state index in [9.17, 15) is 4.79 Å². The highest BCUT2D eigenvalue weighted by Crippen LogP contribution is 2.35.